The highest BCUT2D eigenvalue weighted by Crippen LogP contribution is 2.45. The SMILES string of the molecule is COc1cc(C2C(C#N)=C(N)Oc3cc(OC(=O)COc4c(F)c(F)c(F)c(F)c4F)ccc32)ccc1OCc1ccccc1Cl. The molecule has 0 radical (unpaired) electrons. The Labute approximate surface area is 262 Å². The molecule has 0 spiro atoms. The zero-order valence-corrected chi connectivity index (χ0v) is 24.3. The van der Waals surface area contributed by atoms with Crippen molar-refractivity contribution in [1.29, 1.82) is 5.26 Å². The number of benzene rings is 4. The van der Waals surface area contributed by atoms with Crippen LogP contribution >= 0.6 is 11.6 Å². The molecule has 1 unspecified atom stereocenters. The number of ether oxygens (including phenoxy) is 5. The quantitative estimate of drug-likeness (QED) is 0.0685. The maximum atomic E-state index is 13.9. The topological polar surface area (TPSA) is 113 Å². The van der Waals surface area contributed by atoms with Gasteiger partial charge in [0.2, 0.25) is 35.0 Å². The summed E-state index contributed by atoms with van der Waals surface area (Å²) in [5, 5.41) is 10.4. The van der Waals surface area contributed by atoms with Gasteiger partial charge in [0.25, 0.3) is 0 Å². The highest BCUT2D eigenvalue weighted by Gasteiger charge is 2.32. The fourth-order valence-electron chi connectivity index (χ4n) is 4.60. The monoisotopic (exact) mass is 658 g/mol. The maximum absolute atomic E-state index is 13.9. The van der Waals surface area contributed by atoms with Crippen molar-refractivity contribution in [3.63, 3.8) is 0 Å². The molecule has 0 aromatic heterocycles. The number of rotatable bonds is 9. The molecule has 1 aliphatic rings. The number of halogens is 6. The molecule has 0 amide bonds. The normalized spacial score (nSPS) is 13.7. The van der Waals surface area contributed by atoms with Gasteiger partial charge in [-0.2, -0.15) is 14.0 Å². The second kappa shape index (κ2) is 13.3. The lowest BCUT2D eigenvalue weighted by Crippen LogP contribution is -2.22. The molecular formula is C32H20ClF5N2O6. The van der Waals surface area contributed by atoms with Gasteiger partial charge in [-0.1, -0.05) is 41.9 Å². The molecule has 1 heterocycles. The molecule has 8 nitrogen and oxygen atoms in total. The average molecular weight is 659 g/mol. The van der Waals surface area contributed by atoms with Gasteiger partial charge in [0.05, 0.1) is 13.0 Å². The summed E-state index contributed by atoms with van der Waals surface area (Å²) >= 11 is 6.22. The standard InChI is InChI=1S/C32H20ClF5N2O6/c1-42-23-10-15(6-9-21(23)43-13-16-4-2-3-5-20(16)33)25-18-8-7-17(11-22(18)46-32(40)19(25)12-39)45-24(41)14-44-31-29(37)27(35)26(34)28(36)30(31)38/h2-11,25H,13-14,40H2,1H3. The summed E-state index contributed by atoms with van der Waals surface area (Å²) in [6.07, 6.45) is 0. The summed E-state index contributed by atoms with van der Waals surface area (Å²) in [6.45, 7) is -1.04. The van der Waals surface area contributed by atoms with Crippen molar-refractivity contribution in [3.8, 4) is 34.8 Å². The molecule has 2 N–H and O–H groups in total. The van der Waals surface area contributed by atoms with Gasteiger partial charge < -0.3 is 29.4 Å². The third-order valence-electron chi connectivity index (χ3n) is 6.79. The van der Waals surface area contributed by atoms with E-state index in [-0.39, 0.29) is 29.6 Å². The fraction of sp³-hybridized carbons (Fsp3) is 0.125. The summed E-state index contributed by atoms with van der Waals surface area (Å²) in [4.78, 5) is 12.3. The van der Waals surface area contributed by atoms with Gasteiger partial charge in [0, 0.05) is 22.2 Å². The maximum Gasteiger partial charge on any atom is 0.349 e. The predicted molar refractivity (Wildman–Crippen MR) is 152 cm³/mol. The van der Waals surface area contributed by atoms with Crippen LogP contribution in [0.3, 0.4) is 0 Å². The Morgan fingerprint density at radius 2 is 1.63 bits per heavy atom. The van der Waals surface area contributed by atoms with Crippen LogP contribution in [0.1, 0.15) is 22.6 Å². The molecule has 5 rings (SSSR count). The Morgan fingerprint density at radius 3 is 2.30 bits per heavy atom. The van der Waals surface area contributed by atoms with Crippen LogP contribution in [0.4, 0.5) is 22.0 Å². The highest BCUT2D eigenvalue weighted by molar-refractivity contribution is 6.31. The van der Waals surface area contributed by atoms with E-state index < -0.39 is 53.3 Å². The van der Waals surface area contributed by atoms with Crippen LogP contribution in [0.25, 0.3) is 0 Å². The van der Waals surface area contributed by atoms with Gasteiger partial charge in [0.15, 0.2) is 23.9 Å². The summed E-state index contributed by atoms with van der Waals surface area (Å²) in [6, 6.07) is 18.4. The van der Waals surface area contributed by atoms with E-state index in [1.807, 2.05) is 12.1 Å². The number of carbonyl (C=O) groups is 1. The van der Waals surface area contributed by atoms with Crippen molar-refractivity contribution in [1.82, 2.24) is 0 Å². The highest BCUT2D eigenvalue weighted by atomic mass is 35.5. The van der Waals surface area contributed by atoms with Gasteiger partial charge in [-0.15, -0.1) is 0 Å². The molecule has 0 saturated carbocycles. The minimum absolute atomic E-state index is 0.0836. The van der Waals surface area contributed by atoms with E-state index in [1.54, 1.807) is 30.3 Å². The summed E-state index contributed by atoms with van der Waals surface area (Å²) in [5.74, 6) is -14.5. The molecule has 14 heteroatoms. The lowest BCUT2D eigenvalue weighted by atomic mass is 9.83. The number of nitrogens with two attached hydrogens (primary N) is 1. The lowest BCUT2D eigenvalue weighted by Gasteiger charge is -2.27. The zero-order valence-electron chi connectivity index (χ0n) is 23.5. The van der Waals surface area contributed by atoms with E-state index in [0.717, 1.165) is 5.56 Å². The Hall–Kier alpha value is -5.48. The first-order valence-electron chi connectivity index (χ1n) is 13.1. The third kappa shape index (κ3) is 6.20. The van der Waals surface area contributed by atoms with E-state index in [0.29, 0.717) is 27.6 Å². The molecule has 0 bridgehead atoms. The van der Waals surface area contributed by atoms with Crippen molar-refractivity contribution < 1.29 is 50.4 Å². The Kier molecular flexibility index (Phi) is 9.20. The number of fused-ring (bicyclic) bond motifs is 1. The van der Waals surface area contributed by atoms with Crippen LogP contribution in [0.15, 0.2) is 72.1 Å². The Morgan fingerprint density at radius 1 is 0.935 bits per heavy atom. The summed E-state index contributed by atoms with van der Waals surface area (Å²) < 4.78 is 94.5. The van der Waals surface area contributed by atoms with Crippen LogP contribution in [0.2, 0.25) is 5.02 Å². The van der Waals surface area contributed by atoms with Gasteiger partial charge in [-0.05, 0) is 29.8 Å². The average Bonchev–Trinajstić information content (AvgIpc) is 3.05. The van der Waals surface area contributed by atoms with E-state index in [2.05, 4.69) is 10.8 Å². The van der Waals surface area contributed by atoms with E-state index in [1.165, 1.54) is 25.3 Å². The number of hydrogen-bond acceptors (Lipinski definition) is 8. The van der Waals surface area contributed by atoms with Crippen molar-refractivity contribution in [2.45, 2.75) is 12.5 Å². The van der Waals surface area contributed by atoms with Crippen molar-refractivity contribution in [2.75, 3.05) is 13.7 Å². The number of methoxy groups -OCH3 is 1. The minimum Gasteiger partial charge on any atom is -0.493 e. The van der Waals surface area contributed by atoms with Crippen LogP contribution in [0.5, 0.6) is 28.7 Å². The number of allylic oxidation sites excluding steroid dienone is 1. The minimum atomic E-state index is -2.37. The largest absolute Gasteiger partial charge is 0.493 e. The second-order valence-corrected chi connectivity index (χ2v) is 9.98. The number of nitrogens with zero attached hydrogens (tertiary/aromatic N) is 1. The third-order valence-corrected chi connectivity index (χ3v) is 7.16. The van der Waals surface area contributed by atoms with E-state index in [9.17, 15) is 32.0 Å². The van der Waals surface area contributed by atoms with E-state index in [4.69, 9.17) is 36.3 Å². The van der Waals surface area contributed by atoms with Crippen molar-refractivity contribution >= 4 is 17.6 Å². The molecule has 4 aromatic carbocycles. The second-order valence-electron chi connectivity index (χ2n) is 9.58. The molecule has 236 valence electrons. The molecule has 4 aromatic rings. The summed E-state index contributed by atoms with van der Waals surface area (Å²) in [7, 11) is 1.45. The molecule has 0 fully saturated rings. The first-order chi connectivity index (χ1) is 22.0. The molecule has 0 aliphatic carbocycles. The summed E-state index contributed by atoms with van der Waals surface area (Å²) in [5.41, 5.74) is 7.94. The molecule has 1 atom stereocenters. The van der Waals surface area contributed by atoms with Gasteiger partial charge in [0.1, 0.15) is 29.7 Å². The van der Waals surface area contributed by atoms with Gasteiger partial charge in [-0.25, -0.2) is 18.0 Å². The molecule has 1 aliphatic heterocycles. The van der Waals surface area contributed by atoms with Crippen LogP contribution in [-0.2, 0) is 11.4 Å². The van der Waals surface area contributed by atoms with Crippen molar-refractivity contribution in [3.05, 3.63) is 123 Å². The van der Waals surface area contributed by atoms with Crippen LogP contribution < -0.4 is 29.4 Å². The lowest BCUT2D eigenvalue weighted by molar-refractivity contribution is -0.136. The first kappa shape index (κ1) is 31.9. The fourth-order valence-corrected chi connectivity index (χ4v) is 4.79. The molecule has 0 saturated heterocycles. The Bertz CT molecular complexity index is 1900. The van der Waals surface area contributed by atoms with Crippen LogP contribution in [0, 0.1) is 40.4 Å². The Balaban J connectivity index is 1.36. The number of hydrogen-bond donors (Lipinski definition) is 1. The first-order valence-corrected chi connectivity index (χ1v) is 13.5. The number of esters is 1. The van der Waals surface area contributed by atoms with E-state index >= 15 is 0 Å². The smallest absolute Gasteiger partial charge is 0.349 e. The molecular weight excluding hydrogens is 639 g/mol. The number of carbonyl (C=O) groups excluding carboxylic acids is 1. The van der Waals surface area contributed by atoms with Crippen LogP contribution in [-0.4, -0.2) is 19.7 Å². The van der Waals surface area contributed by atoms with Gasteiger partial charge in [-0.3, -0.25) is 0 Å². The van der Waals surface area contributed by atoms with Gasteiger partial charge >= 0.3 is 5.97 Å². The zero-order chi connectivity index (χ0) is 33.1. The molecule has 46 heavy (non-hydrogen) atoms. The number of nitriles is 1. The van der Waals surface area contributed by atoms with Crippen molar-refractivity contribution in [2.24, 2.45) is 5.73 Å². The predicted octanol–water partition coefficient (Wildman–Crippen LogP) is 6.83.